The monoisotopic (exact) mass is 530 g/mol. The van der Waals surface area contributed by atoms with Crippen molar-refractivity contribution in [3.63, 3.8) is 0 Å². The van der Waals surface area contributed by atoms with Crippen LogP contribution in [-0.2, 0) is 14.9 Å². The molecular weight excluding hydrogens is 497 g/mol. The Balaban J connectivity index is 1.70. The predicted octanol–water partition coefficient (Wildman–Crippen LogP) is 5.15. The lowest BCUT2D eigenvalue weighted by Crippen LogP contribution is -2.69. The molecule has 2 aliphatic rings. The van der Waals surface area contributed by atoms with Crippen LogP contribution in [0, 0.1) is 0 Å². The third kappa shape index (κ3) is 5.89. The lowest BCUT2D eigenvalue weighted by molar-refractivity contribution is -0.304. The van der Waals surface area contributed by atoms with E-state index in [1.165, 1.54) is 0 Å². The molecule has 2 fully saturated rings. The lowest BCUT2D eigenvalue weighted by atomic mass is 9.55. The van der Waals surface area contributed by atoms with Crippen LogP contribution in [0.25, 0.3) is 6.08 Å². The molecule has 0 spiro atoms. The largest absolute Gasteiger partial charge is 0.573 e. The van der Waals surface area contributed by atoms with Gasteiger partial charge in [0.05, 0.1) is 18.9 Å². The van der Waals surface area contributed by atoms with Crippen LogP contribution >= 0.6 is 0 Å². The summed E-state index contributed by atoms with van der Waals surface area (Å²) in [5.74, 6) is -1.21. The third-order valence-corrected chi connectivity index (χ3v) is 7.61. The normalized spacial score (nSPS) is 26.2. The molecule has 1 heterocycles. The molecule has 9 heteroatoms. The number of amides is 1. The number of nitrogens with zero attached hydrogens (tertiary/aromatic N) is 1. The van der Waals surface area contributed by atoms with E-state index in [0.717, 1.165) is 24.5 Å². The van der Waals surface area contributed by atoms with Crippen LogP contribution in [0.2, 0.25) is 0 Å². The van der Waals surface area contributed by atoms with E-state index in [-0.39, 0.29) is 6.54 Å². The Morgan fingerprint density at radius 2 is 1.92 bits per heavy atom. The van der Waals surface area contributed by atoms with Gasteiger partial charge in [0.15, 0.2) is 5.76 Å². The van der Waals surface area contributed by atoms with Gasteiger partial charge >= 0.3 is 6.36 Å². The summed E-state index contributed by atoms with van der Waals surface area (Å²) < 4.78 is 49.4. The van der Waals surface area contributed by atoms with E-state index in [1.54, 1.807) is 43.5 Å². The Morgan fingerprint density at radius 3 is 2.61 bits per heavy atom. The molecule has 0 aromatic heterocycles. The highest BCUT2D eigenvalue weighted by Crippen LogP contribution is 2.53. The van der Waals surface area contributed by atoms with Crippen LogP contribution in [0.5, 0.6) is 5.75 Å². The van der Waals surface area contributed by atoms with E-state index in [9.17, 15) is 23.1 Å². The van der Waals surface area contributed by atoms with Gasteiger partial charge < -0.3 is 19.9 Å². The molecule has 2 aromatic rings. The van der Waals surface area contributed by atoms with Gasteiger partial charge in [-0.3, -0.25) is 9.69 Å². The second kappa shape index (κ2) is 11.2. The van der Waals surface area contributed by atoms with E-state index in [0.29, 0.717) is 37.1 Å². The van der Waals surface area contributed by atoms with E-state index < -0.39 is 35.2 Å². The molecule has 1 unspecified atom stereocenters. The molecular formula is C29H33F3N2O4. The van der Waals surface area contributed by atoms with Crippen molar-refractivity contribution in [3.05, 3.63) is 84.1 Å². The number of likely N-dealkylation sites (tertiary alicyclic amines) is 1. The Kier molecular flexibility index (Phi) is 8.18. The molecule has 38 heavy (non-hydrogen) atoms. The number of hydrogen-bond donors (Lipinski definition) is 2. The molecule has 1 saturated carbocycles. The Bertz CT molecular complexity index is 1170. The van der Waals surface area contributed by atoms with Crippen LogP contribution < -0.4 is 10.1 Å². The number of fused-ring (bicyclic) bond motifs is 1. The summed E-state index contributed by atoms with van der Waals surface area (Å²) in [6.07, 6.45) is 0.238. The molecule has 204 valence electrons. The standard InChI is InChI=1S/C29H33F3N2O4/c1-3-16-34-20-28(36)15-8-7-14-27(28,22-12-9-13-23(18-22)37-2)19-25(34)33-26(35)24(38-29(30,31)32)17-21-10-5-4-6-11-21/h3-6,9-13,17-18,25,36H,1,7-8,14-16,19-20H2,2H3,(H,33,35)/t25-,27-,28?/m0/s1. The maximum Gasteiger partial charge on any atom is 0.573 e. The molecule has 1 aliphatic carbocycles. The average molecular weight is 531 g/mol. The van der Waals surface area contributed by atoms with Gasteiger partial charge in [0, 0.05) is 18.5 Å². The van der Waals surface area contributed by atoms with Crippen molar-refractivity contribution in [2.45, 2.75) is 55.6 Å². The van der Waals surface area contributed by atoms with Gasteiger partial charge in [0.2, 0.25) is 0 Å². The molecule has 3 atom stereocenters. The number of rotatable bonds is 8. The fraction of sp³-hybridized carbons (Fsp3) is 0.414. The summed E-state index contributed by atoms with van der Waals surface area (Å²) in [6.45, 7) is 4.35. The molecule has 0 bridgehead atoms. The minimum atomic E-state index is -5.04. The van der Waals surface area contributed by atoms with E-state index in [2.05, 4.69) is 16.6 Å². The minimum absolute atomic E-state index is 0.221. The zero-order valence-electron chi connectivity index (χ0n) is 21.3. The molecule has 1 amide bonds. The number of ether oxygens (including phenoxy) is 2. The molecule has 0 radical (unpaired) electrons. The van der Waals surface area contributed by atoms with Crippen LogP contribution in [0.3, 0.4) is 0 Å². The van der Waals surface area contributed by atoms with Gasteiger partial charge in [0.1, 0.15) is 5.75 Å². The second-order valence-corrected chi connectivity index (χ2v) is 9.93. The maximum atomic E-state index is 13.3. The summed E-state index contributed by atoms with van der Waals surface area (Å²) in [5, 5.41) is 14.8. The van der Waals surface area contributed by atoms with Gasteiger partial charge in [0.25, 0.3) is 5.91 Å². The quantitative estimate of drug-likeness (QED) is 0.281. The number of aliphatic hydroxyl groups is 1. The Labute approximate surface area is 220 Å². The Morgan fingerprint density at radius 1 is 1.18 bits per heavy atom. The van der Waals surface area contributed by atoms with Crippen molar-refractivity contribution in [2.24, 2.45) is 0 Å². The first-order valence-corrected chi connectivity index (χ1v) is 12.6. The van der Waals surface area contributed by atoms with Gasteiger partial charge in [-0.25, -0.2) is 0 Å². The zero-order chi connectivity index (χ0) is 27.4. The van der Waals surface area contributed by atoms with Crippen molar-refractivity contribution in [1.82, 2.24) is 10.2 Å². The summed E-state index contributed by atoms with van der Waals surface area (Å²) >= 11 is 0. The number of carbonyl (C=O) groups excluding carboxylic acids is 1. The number of β-amino-alcohol motifs (C(OH)–C–C–N with tert-alkyl or cyclic N) is 1. The van der Waals surface area contributed by atoms with Gasteiger partial charge in [-0.05, 0) is 48.6 Å². The molecule has 4 rings (SSSR count). The number of alkyl halides is 3. The van der Waals surface area contributed by atoms with Crippen molar-refractivity contribution < 1.29 is 32.5 Å². The fourth-order valence-electron chi connectivity index (χ4n) is 5.88. The highest BCUT2D eigenvalue weighted by molar-refractivity contribution is 5.96. The number of nitrogens with one attached hydrogen (secondary N) is 1. The number of piperidine rings is 1. The van der Waals surface area contributed by atoms with Crippen molar-refractivity contribution in [3.8, 4) is 5.75 Å². The van der Waals surface area contributed by atoms with Crippen molar-refractivity contribution in [2.75, 3.05) is 20.2 Å². The topological polar surface area (TPSA) is 71.0 Å². The summed E-state index contributed by atoms with van der Waals surface area (Å²) in [6, 6.07) is 15.7. The lowest BCUT2D eigenvalue weighted by Gasteiger charge is -2.59. The van der Waals surface area contributed by atoms with Gasteiger partial charge in [-0.15, -0.1) is 19.8 Å². The first-order valence-electron chi connectivity index (χ1n) is 12.6. The molecule has 2 N–H and O–H groups in total. The van der Waals surface area contributed by atoms with Gasteiger partial charge in [-0.2, -0.15) is 0 Å². The highest BCUT2D eigenvalue weighted by Gasteiger charge is 2.58. The average Bonchev–Trinajstić information content (AvgIpc) is 2.88. The molecule has 6 nitrogen and oxygen atoms in total. The van der Waals surface area contributed by atoms with Crippen LogP contribution in [0.1, 0.15) is 43.2 Å². The minimum Gasteiger partial charge on any atom is -0.497 e. The predicted molar refractivity (Wildman–Crippen MR) is 138 cm³/mol. The molecule has 1 aliphatic heterocycles. The Hall–Kier alpha value is -3.30. The first-order chi connectivity index (χ1) is 18.1. The summed E-state index contributed by atoms with van der Waals surface area (Å²) in [7, 11) is 1.57. The second-order valence-electron chi connectivity index (χ2n) is 9.93. The smallest absolute Gasteiger partial charge is 0.497 e. The third-order valence-electron chi connectivity index (χ3n) is 7.61. The SMILES string of the molecule is C=CCN1CC2(O)CCCC[C@@]2(c2cccc(OC)c2)C[C@H]1NC(=O)C(=Cc1ccccc1)OC(F)(F)F. The van der Waals surface area contributed by atoms with Crippen LogP contribution in [-0.4, -0.2) is 54.2 Å². The first kappa shape index (κ1) is 27.7. The number of benzene rings is 2. The number of methoxy groups -OCH3 is 1. The van der Waals surface area contributed by atoms with E-state index in [4.69, 9.17) is 4.74 Å². The van der Waals surface area contributed by atoms with E-state index >= 15 is 0 Å². The van der Waals surface area contributed by atoms with Gasteiger partial charge in [-0.1, -0.05) is 61.4 Å². The summed E-state index contributed by atoms with van der Waals surface area (Å²) in [5.41, 5.74) is -0.567. The van der Waals surface area contributed by atoms with Crippen molar-refractivity contribution in [1.29, 1.82) is 0 Å². The highest BCUT2D eigenvalue weighted by atomic mass is 19.4. The maximum absolute atomic E-state index is 13.3. The van der Waals surface area contributed by atoms with Crippen LogP contribution in [0.4, 0.5) is 13.2 Å². The fourth-order valence-corrected chi connectivity index (χ4v) is 5.88. The molecule has 2 aromatic carbocycles. The zero-order valence-corrected chi connectivity index (χ0v) is 21.3. The van der Waals surface area contributed by atoms with E-state index in [1.807, 2.05) is 29.2 Å². The summed E-state index contributed by atoms with van der Waals surface area (Å²) in [4.78, 5) is 15.1. The van der Waals surface area contributed by atoms with Crippen LogP contribution in [0.15, 0.2) is 73.0 Å². The number of halogens is 3. The number of carbonyl (C=O) groups is 1. The molecule has 1 saturated heterocycles. The van der Waals surface area contributed by atoms with Crippen molar-refractivity contribution >= 4 is 12.0 Å². The number of hydrogen-bond acceptors (Lipinski definition) is 5.